The van der Waals surface area contributed by atoms with Gasteiger partial charge >= 0.3 is 6.18 Å². The molecule has 0 radical (unpaired) electrons. The van der Waals surface area contributed by atoms with E-state index in [0.717, 1.165) is 18.2 Å². The molecule has 3 aromatic rings. The molecule has 2 aromatic carbocycles. The van der Waals surface area contributed by atoms with Crippen molar-refractivity contribution in [2.75, 3.05) is 0 Å². The first kappa shape index (κ1) is 19.1. The number of alkyl halides is 3. The van der Waals surface area contributed by atoms with Crippen molar-refractivity contribution in [3.05, 3.63) is 75.8 Å². The highest BCUT2D eigenvalue weighted by Gasteiger charge is 2.32. The van der Waals surface area contributed by atoms with Gasteiger partial charge in [0, 0.05) is 11.1 Å². The van der Waals surface area contributed by atoms with Gasteiger partial charge in [0.1, 0.15) is 12.4 Å². The Labute approximate surface area is 157 Å². The van der Waals surface area contributed by atoms with Crippen molar-refractivity contribution in [3.8, 4) is 5.69 Å². The Hall–Kier alpha value is -2.71. The maximum atomic E-state index is 13.2. The van der Waals surface area contributed by atoms with Crippen molar-refractivity contribution in [3.63, 3.8) is 0 Å². The molecule has 1 heterocycles. The largest absolute Gasteiger partial charge is 0.416 e. The van der Waals surface area contributed by atoms with Gasteiger partial charge in [-0.1, -0.05) is 23.7 Å². The maximum absolute atomic E-state index is 13.2. The lowest BCUT2D eigenvalue weighted by molar-refractivity contribution is -0.137. The Bertz CT molecular complexity index is 1020. The number of aromatic nitrogens is 3. The highest BCUT2D eigenvalue weighted by molar-refractivity contribution is 6.35. The third-order valence-corrected chi connectivity index (χ3v) is 4.29. The van der Waals surface area contributed by atoms with Gasteiger partial charge < -0.3 is 5.11 Å². The van der Waals surface area contributed by atoms with E-state index < -0.39 is 24.1 Å². The summed E-state index contributed by atoms with van der Waals surface area (Å²) < 4.78 is 40.9. The van der Waals surface area contributed by atoms with E-state index in [1.165, 1.54) is 16.7 Å². The van der Waals surface area contributed by atoms with E-state index in [2.05, 4.69) is 10.2 Å². The van der Waals surface area contributed by atoms with Gasteiger partial charge in [-0.3, -0.25) is 9.36 Å². The molecule has 1 N–H and O–H groups in total. The molecular weight excluding hydrogens is 383 g/mol. The Morgan fingerprint density at radius 2 is 1.85 bits per heavy atom. The smallest absolute Gasteiger partial charge is 0.388 e. The summed E-state index contributed by atoms with van der Waals surface area (Å²) in [5.41, 5.74) is -1.01. The summed E-state index contributed by atoms with van der Waals surface area (Å²) >= 11 is 6.05. The molecule has 0 unspecified atom stereocenters. The predicted octanol–water partition coefficient (Wildman–Crippen LogP) is 3.97. The topological polar surface area (TPSA) is 68.0 Å². The van der Waals surface area contributed by atoms with Crippen LogP contribution in [0.1, 0.15) is 33.1 Å². The first-order chi connectivity index (χ1) is 12.7. The molecule has 0 bridgehead atoms. The number of carbonyl (C=O) groups excluding carboxylic acids is 1. The molecule has 0 aliphatic rings. The van der Waals surface area contributed by atoms with E-state index >= 15 is 0 Å². The molecule has 0 spiro atoms. The third kappa shape index (κ3) is 3.58. The van der Waals surface area contributed by atoms with E-state index in [0.29, 0.717) is 5.82 Å². The van der Waals surface area contributed by atoms with Crippen LogP contribution >= 0.6 is 11.6 Å². The van der Waals surface area contributed by atoms with Crippen LogP contribution in [-0.4, -0.2) is 25.7 Å². The average molecular weight is 396 g/mol. The second-order valence-electron chi connectivity index (χ2n) is 5.70. The minimum atomic E-state index is -4.63. The molecule has 0 amide bonds. The molecule has 0 fully saturated rings. The monoisotopic (exact) mass is 395 g/mol. The van der Waals surface area contributed by atoms with Crippen molar-refractivity contribution < 1.29 is 23.1 Å². The fourth-order valence-electron chi connectivity index (χ4n) is 2.70. The van der Waals surface area contributed by atoms with Gasteiger partial charge in [-0.2, -0.15) is 13.2 Å². The molecule has 0 atom stereocenters. The lowest BCUT2D eigenvalue weighted by Gasteiger charge is -2.16. The molecule has 3 rings (SSSR count). The van der Waals surface area contributed by atoms with Crippen LogP contribution in [0.15, 0.2) is 42.5 Å². The average Bonchev–Trinajstić information content (AvgIpc) is 3.00. The molecule has 0 saturated carbocycles. The zero-order valence-electron chi connectivity index (χ0n) is 14.0. The summed E-state index contributed by atoms with van der Waals surface area (Å²) in [5, 5.41) is 17.2. The van der Waals surface area contributed by atoms with E-state index in [1.807, 2.05) is 0 Å². The predicted molar refractivity (Wildman–Crippen MR) is 91.9 cm³/mol. The summed E-state index contributed by atoms with van der Waals surface area (Å²) in [6, 6.07) is 8.87. The molecule has 0 aliphatic carbocycles. The van der Waals surface area contributed by atoms with Crippen LogP contribution in [0.2, 0.25) is 5.02 Å². The summed E-state index contributed by atoms with van der Waals surface area (Å²) in [4.78, 5) is 13.0. The molecule has 140 valence electrons. The fraction of sp³-hybridized carbons (Fsp3) is 0.167. The minimum Gasteiger partial charge on any atom is -0.388 e. The number of benzene rings is 2. The van der Waals surface area contributed by atoms with E-state index in [4.69, 9.17) is 11.6 Å². The minimum absolute atomic E-state index is 0.0658. The van der Waals surface area contributed by atoms with Crippen molar-refractivity contribution >= 4 is 17.4 Å². The highest BCUT2D eigenvalue weighted by atomic mass is 35.5. The Kier molecular flexibility index (Phi) is 5.03. The van der Waals surface area contributed by atoms with Crippen LogP contribution < -0.4 is 0 Å². The van der Waals surface area contributed by atoms with Gasteiger partial charge in [-0.05, 0) is 37.3 Å². The zero-order chi connectivity index (χ0) is 19.8. The van der Waals surface area contributed by atoms with Crippen LogP contribution in [0.3, 0.4) is 0 Å². The number of hydrogen-bond acceptors (Lipinski definition) is 4. The van der Waals surface area contributed by atoms with E-state index in [-0.39, 0.29) is 27.7 Å². The molecule has 0 saturated heterocycles. The Morgan fingerprint density at radius 1 is 1.15 bits per heavy atom. The van der Waals surface area contributed by atoms with Crippen LogP contribution in [-0.2, 0) is 12.8 Å². The number of aliphatic hydroxyl groups excluding tert-OH is 1. The first-order valence-electron chi connectivity index (χ1n) is 7.76. The van der Waals surface area contributed by atoms with Crippen LogP contribution in [0.5, 0.6) is 0 Å². The second kappa shape index (κ2) is 7.13. The maximum Gasteiger partial charge on any atom is 0.416 e. The Morgan fingerprint density at radius 3 is 2.48 bits per heavy atom. The molecule has 5 nitrogen and oxygen atoms in total. The summed E-state index contributed by atoms with van der Waals surface area (Å²) in [7, 11) is 0. The lowest BCUT2D eigenvalue weighted by Crippen LogP contribution is -2.14. The molecule has 1 aromatic heterocycles. The van der Waals surface area contributed by atoms with Crippen LogP contribution in [0, 0.1) is 6.92 Å². The molecule has 27 heavy (non-hydrogen) atoms. The molecule has 9 heteroatoms. The number of ketones is 1. The normalized spacial score (nSPS) is 11.6. The zero-order valence-corrected chi connectivity index (χ0v) is 14.7. The number of halogens is 4. The van der Waals surface area contributed by atoms with Crippen LogP contribution in [0.25, 0.3) is 5.69 Å². The number of aliphatic hydroxyl groups is 1. The molecular formula is C18H13ClF3N3O2. The first-order valence-corrected chi connectivity index (χ1v) is 8.14. The van der Waals surface area contributed by atoms with Gasteiger partial charge in [-0.15, -0.1) is 10.2 Å². The lowest BCUT2D eigenvalue weighted by atomic mass is 9.98. The Balaban J connectivity index is 2.28. The fourth-order valence-corrected chi connectivity index (χ4v) is 2.92. The van der Waals surface area contributed by atoms with Crippen molar-refractivity contribution in [1.82, 2.24) is 14.8 Å². The van der Waals surface area contributed by atoms with Gasteiger partial charge in [0.05, 0.1) is 16.3 Å². The SMILES string of the molecule is Cc1nnc(CO)n1-c1ccc(C(F)(F)F)cc1C(=O)c1ccccc1Cl. The number of carbonyl (C=O) groups is 1. The summed E-state index contributed by atoms with van der Waals surface area (Å²) in [5.74, 6) is -0.272. The number of aryl methyl sites for hydroxylation is 1. The van der Waals surface area contributed by atoms with Gasteiger partial charge in [0.25, 0.3) is 0 Å². The van der Waals surface area contributed by atoms with Crippen molar-refractivity contribution in [2.24, 2.45) is 0 Å². The molecule has 0 aliphatic heterocycles. The van der Waals surface area contributed by atoms with Crippen molar-refractivity contribution in [1.29, 1.82) is 0 Å². The number of rotatable bonds is 4. The summed E-state index contributed by atoms with van der Waals surface area (Å²) in [6.07, 6.45) is -4.63. The standard InChI is InChI=1S/C18H13ClF3N3O2/c1-10-23-24-16(9-26)25(10)15-7-6-11(18(20,21)22)8-13(15)17(27)12-4-2-3-5-14(12)19/h2-8,26H,9H2,1H3. The van der Waals surface area contributed by atoms with Gasteiger partial charge in [-0.25, -0.2) is 0 Å². The summed E-state index contributed by atoms with van der Waals surface area (Å²) in [6.45, 7) is 1.06. The van der Waals surface area contributed by atoms with Crippen LogP contribution in [0.4, 0.5) is 13.2 Å². The van der Waals surface area contributed by atoms with E-state index in [1.54, 1.807) is 19.1 Å². The number of hydrogen-bond donors (Lipinski definition) is 1. The van der Waals surface area contributed by atoms with Crippen molar-refractivity contribution in [2.45, 2.75) is 19.7 Å². The van der Waals surface area contributed by atoms with Gasteiger partial charge in [0.2, 0.25) is 0 Å². The van der Waals surface area contributed by atoms with Gasteiger partial charge in [0.15, 0.2) is 11.6 Å². The van der Waals surface area contributed by atoms with E-state index in [9.17, 15) is 23.1 Å². The quantitative estimate of drug-likeness (QED) is 0.679. The number of nitrogens with zero attached hydrogens (tertiary/aromatic N) is 3. The highest BCUT2D eigenvalue weighted by Crippen LogP contribution is 2.33. The second-order valence-corrected chi connectivity index (χ2v) is 6.10. The third-order valence-electron chi connectivity index (χ3n) is 3.96.